The summed E-state index contributed by atoms with van der Waals surface area (Å²) in [5, 5.41) is 11.3. The van der Waals surface area contributed by atoms with E-state index in [0.717, 1.165) is 23.2 Å². The number of alkyl halides is 1. The molecule has 2 fully saturated rings. The third-order valence-electron chi connectivity index (χ3n) is 6.60. The third kappa shape index (κ3) is 4.77. The van der Waals surface area contributed by atoms with Crippen molar-refractivity contribution >= 4 is 12.2 Å². The van der Waals surface area contributed by atoms with E-state index in [9.17, 15) is 13.6 Å². The molecule has 1 amide bonds. The van der Waals surface area contributed by atoms with Crippen molar-refractivity contribution in [2.75, 3.05) is 7.11 Å². The van der Waals surface area contributed by atoms with Crippen LogP contribution >= 0.6 is 0 Å². The number of ether oxygens (including phenoxy) is 1. The maximum Gasteiger partial charge on any atom is 0.404 e. The summed E-state index contributed by atoms with van der Waals surface area (Å²) in [4.78, 5) is 15.5. The molecule has 0 aliphatic heterocycles. The minimum atomic E-state index is -1.19. The quantitative estimate of drug-likeness (QED) is 0.708. The van der Waals surface area contributed by atoms with Gasteiger partial charge in [0.1, 0.15) is 12.0 Å². The lowest BCUT2D eigenvalue weighted by Gasteiger charge is -2.36. The summed E-state index contributed by atoms with van der Waals surface area (Å²) in [7, 11) is 1.66. The molecule has 5 nitrogen and oxygen atoms in total. The number of halogens is 2. The number of nitrogens with zero attached hydrogens (tertiary/aromatic N) is 1. The number of fused-ring (bicyclic) bond motifs is 1. The van der Waals surface area contributed by atoms with Gasteiger partial charge in [-0.3, -0.25) is 4.98 Å². The molecule has 2 aliphatic rings. The maximum atomic E-state index is 14.4. The topological polar surface area (TPSA) is 71.5 Å². The van der Waals surface area contributed by atoms with Crippen molar-refractivity contribution in [3.05, 3.63) is 60.2 Å². The fraction of sp³-hybridized carbons (Fsp3) is 0.417. The summed E-state index contributed by atoms with van der Waals surface area (Å²) in [6.07, 6.45) is 4.86. The van der Waals surface area contributed by atoms with Crippen LogP contribution in [0.4, 0.5) is 13.6 Å². The Balaban J connectivity index is 1.49. The lowest BCUT2D eigenvalue weighted by molar-refractivity contribution is 0.0745. The van der Waals surface area contributed by atoms with Crippen molar-refractivity contribution in [2.45, 2.75) is 37.6 Å². The summed E-state index contributed by atoms with van der Waals surface area (Å²) in [5.74, 6) is 0.0909. The summed E-state index contributed by atoms with van der Waals surface area (Å²) in [6.45, 7) is 0. The van der Waals surface area contributed by atoms with Gasteiger partial charge in [-0.1, -0.05) is 24.3 Å². The zero-order chi connectivity index (χ0) is 22.0. The van der Waals surface area contributed by atoms with Crippen LogP contribution in [-0.2, 0) is 4.74 Å². The molecule has 2 aliphatic carbocycles. The molecule has 0 bridgehead atoms. The van der Waals surface area contributed by atoms with Crippen LogP contribution < -0.4 is 5.32 Å². The molecule has 1 heterocycles. The molecule has 0 spiro atoms. The van der Waals surface area contributed by atoms with Gasteiger partial charge in [-0.05, 0) is 60.9 Å². The van der Waals surface area contributed by atoms with Crippen LogP contribution in [0.3, 0.4) is 0 Å². The van der Waals surface area contributed by atoms with E-state index in [1.807, 2.05) is 24.3 Å². The van der Waals surface area contributed by atoms with Gasteiger partial charge in [0.15, 0.2) is 0 Å². The van der Waals surface area contributed by atoms with Gasteiger partial charge in [-0.2, -0.15) is 0 Å². The minimum Gasteiger partial charge on any atom is -0.465 e. The van der Waals surface area contributed by atoms with E-state index in [0.29, 0.717) is 12.8 Å². The number of nitrogens with one attached hydrogen (secondary N) is 1. The van der Waals surface area contributed by atoms with E-state index in [2.05, 4.69) is 16.4 Å². The number of carbonyl (C=O) groups is 1. The van der Waals surface area contributed by atoms with Gasteiger partial charge >= 0.3 is 6.09 Å². The molecule has 31 heavy (non-hydrogen) atoms. The zero-order valence-corrected chi connectivity index (χ0v) is 17.2. The first-order chi connectivity index (χ1) is 14.9. The normalized spacial score (nSPS) is 30.3. The average molecular weight is 428 g/mol. The largest absolute Gasteiger partial charge is 0.465 e. The SMILES string of the molecule is CO[C@H]1C[C@@H]2C[C@@H](F)[C@@H](NC(=O)O)C[C@H]2[C@@H]1C=Cc1ccc(-c2cccc(F)c2)cn1. The van der Waals surface area contributed by atoms with Crippen LogP contribution in [0.5, 0.6) is 0 Å². The number of benzene rings is 1. The van der Waals surface area contributed by atoms with E-state index in [1.165, 1.54) is 12.1 Å². The lowest BCUT2D eigenvalue weighted by Crippen LogP contribution is -2.47. The number of aromatic nitrogens is 1. The molecule has 0 radical (unpaired) electrons. The fourth-order valence-corrected chi connectivity index (χ4v) is 5.12. The Hall–Kier alpha value is -2.80. The molecule has 7 heteroatoms. The summed E-state index contributed by atoms with van der Waals surface area (Å²) in [6, 6.07) is 9.46. The molecule has 2 N–H and O–H groups in total. The van der Waals surface area contributed by atoms with E-state index in [-0.39, 0.29) is 29.7 Å². The van der Waals surface area contributed by atoms with Gasteiger partial charge < -0.3 is 15.2 Å². The van der Waals surface area contributed by atoms with Crippen molar-refractivity contribution < 1.29 is 23.4 Å². The molecule has 2 saturated carbocycles. The predicted octanol–water partition coefficient (Wildman–Crippen LogP) is 4.94. The zero-order valence-electron chi connectivity index (χ0n) is 17.2. The van der Waals surface area contributed by atoms with Crippen molar-refractivity contribution in [1.82, 2.24) is 10.3 Å². The first kappa shape index (κ1) is 21.4. The smallest absolute Gasteiger partial charge is 0.404 e. The molecule has 0 unspecified atom stereocenters. The van der Waals surface area contributed by atoms with Gasteiger partial charge in [-0.25, -0.2) is 13.6 Å². The molecule has 2 aromatic rings. The van der Waals surface area contributed by atoms with Crippen molar-refractivity contribution in [3.63, 3.8) is 0 Å². The number of hydrogen-bond donors (Lipinski definition) is 2. The summed E-state index contributed by atoms with van der Waals surface area (Å²) >= 11 is 0. The fourth-order valence-electron chi connectivity index (χ4n) is 5.12. The highest BCUT2D eigenvalue weighted by Crippen LogP contribution is 2.48. The first-order valence-corrected chi connectivity index (χ1v) is 10.5. The van der Waals surface area contributed by atoms with Crippen LogP contribution in [0.2, 0.25) is 0 Å². The second kappa shape index (κ2) is 9.14. The van der Waals surface area contributed by atoms with Crippen molar-refractivity contribution in [1.29, 1.82) is 0 Å². The van der Waals surface area contributed by atoms with Crippen molar-refractivity contribution in [3.8, 4) is 11.1 Å². The van der Waals surface area contributed by atoms with E-state index in [1.54, 1.807) is 19.4 Å². The molecule has 1 aromatic heterocycles. The number of rotatable bonds is 5. The van der Waals surface area contributed by atoms with Crippen LogP contribution in [0.1, 0.15) is 25.0 Å². The molecular formula is C24H26F2N2O3. The number of pyridine rings is 1. The molecule has 6 atom stereocenters. The summed E-state index contributed by atoms with van der Waals surface area (Å²) < 4.78 is 33.6. The van der Waals surface area contributed by atoms with Gasteiger partial charge in [-0.15, -0.1) is 0 Å². The Bertz CT molecular complexity index is 950. The Kier molecular flexibility index (Phi) is 6.32. The number of hydrogen-bond acceptors (Lipinski definition) is 3. The van der Waals surface area contributed by atoms with E-state index < -0.39 is 18.3 Å². The monoisotopic (exact) mass is 428 g/mol. The number of methoxy groups -OCH3 is 1. The Morgan fingerprint density at radius 3 is 2.74 bits per heavy atom. The van der Waals surface area contributed by atoms with Gasteiger partial charge in [0, 0.05) is 24.8 Å². The third-order valence-corrected chi connectivity index (χ3v) is 6.60. The standard InChI is InChI=1S/C24H26F2N2O3/c1-31-23-11-16-10-21(26)22(28-24(29)30)12-20(16)19(23)8-7-18-6-5-15(13-27-18)14-3-2-4-17(25)9-14/h2-9,13,16,19-23,28H,10-12H2,1H3,(H,29,30)/t16-,19-,20+,21+,22-,23-/m0/s1. The van der Waals surface area contributed by atoms with Crippen LogP contribution in [0.15, 0.2) is 48.7 Å². The van der Waals surface area contributed by atoms with Crippen LogP contribution in [-0.4, -0.2) is 41.6 Å². The molecule has 1 aromatic carbocycles. The van der Waals surface area contributed by atoms with Gasteiger partial charge in [0.25, 0.3) is 0 Å². The van der Waals surface area contributed by atoms with E-state index in [4.69, 9.17) is 9.84 Å². The summed E-state index contributed by atoms with van der Waals surface area (Å²) in [5.41, 5.74) is 2.36. The minimum absolute atomic E-state index is 0.0337. The molecular weight excluding hydrogens is 402 g/mol. The number of carboxylic acid groups (broad SMARTS) is 1. The Morgan fingerprint density at radius 1 is 1.23 bits per heavy atom. The van der Waals surface area contributed by atoms with E-state index >= 15 is 0 Å². The van der Waals surface area contributed by atoms with Crippen LogP contribution in [0.25, 0.3) is 17.2 Å². The average Bonchev–Trinajstić information content (AvgIpc) is 3.09. The van der Waals surface area contributed by atoms with Crippen LogP contribution in [0, 0.1) is 23.6 Å². The Labute approximate surface area is 180 Å². The molecule has 4 rings (SSSR count). The second-order valence-corrected chi connectivity index (χ2v) is 8.40. The first-order valence-electron chi connectivity index (χ1n) is 10.5. The highest BCUT2D eigenvalue weighted by atomic mass is 19.1. The number of amides is 1. The molecule has 164 valence electrons. The predicted molar refractivity (Wildman–Crippen MR) is 114 cm³/mol. The Morgan fingerprint density at radius 2 is 2.06 bits per heavy atom. The molecule has 0 saturated heterocycles. The highest BCUT2D eigenvalue weighted by molar-refractivity contribution is 5.65. The second-order valence-electron chi connectivity index (χ2n) is 8.40. The lowest BCUT2D eigenvalue weighted by atomic mass is 9.74. The van der Waals surface area contributed by atoms with Crippen molar-refractivity contribution in [2.24, 2.45) is 17.8 Å². The van der Waals surface area contributed by atoms with Gasteiger partial charge in [0.05, 0.1) is 17.8 Å². The maximum absolute atomic E-state index is 14.4. The highest BCUT2D eigenvalue weighted by Gasteiger charge is 2.48. The van der Waals surface area contributed by atoms with Gasteiger partial charge in [0.2, 0.25) is 0 Å².